The number of benzene rings is 1. The zero-order chi connectivity index (χ0) is 14.5. The zero-order valence-electron chi connectivity index (χ0n) is 11.5. The predicted octanol–water partition coefficient (Wildman–Crippen LogP) is 3.20. The number of aromatic nitrogens is 3. The Morgan fingerprint density at radius 3 is 2.50 bits per heavy atom. The van der Waals surface area contributed by atoms with Crippen molar-refractivity contribution in [2.24, 2.45) is 0 Å². The van der Waals surface area contributed by atoms with E-state index in [2.05, 4.69) is 29.3 Å². The lowest BCUT2D eigenvalue weighted by molar-refractivity contribution is 0.0687. The topological polar surface area (TPSA) is 88.1 Å². The van der Waals surface area contributed by atoms with Crippen molar-refractivity contribution < 1.29 is 14.6 Å². The van der Waals surface area contributed by atoms with Crippen molar-refractivity contribution >= 4 is 5.97 Å². The van der Waals surface area contributed by atoms with E-state index in [9.17, 15) is 4.79 Å². The Balaban J connectivity index is 2.14. The smallest absolute Gasteiger partial charge is 0.362 e. The molecule has 106 valence electrons. The molecular formula is C14H17N3O3. The molecule has 0 aliphatic heterocycles. The van der Waals surface area contributed by atoms with E-state index in [-0.39, 0.29) is 11.6 Å². The molecule has 0 aliphatic carbocycles. The summed E-state index contributed by atoms with van der Waals surface area (Å²) < 4.78 is 5.45. The quantitative estimate of drug-likeness (QED) is 0.845. The van der Waals surface area contributed by atoms with Crippen LogP contribution in [-0.4, -0.2) is 26.5 Å². The van der Waals surface area contributed by atoms with E-state index in [1.807, 2.05) is 24.3 Å². The van der Waals surface area contributed by atoms with Crippen LogP contribution in [-0.2, 0) is 0 Å². The summed E-state index contributed by atoms with van der Waals surface area (Å²) in [4.78, 5) is 10.9. The summed E-state index contributed by atoms with van der Waals surface area (Å²) in [6.07, 6.45) is 2.18. The molecule has 0 fully saturated rings. The number of ether oxygens (including phenoxy) is 1. The number of hydrogen-bond donors (Lipinski definition) is 2. The van der Waals surface area contributed by atoms with Gasteiger partial charge in [-0.1, -0.05) is 31.2 Å². The van der Waals surface area contributed by atoms with E-state index in [0.717, 1.165) is 12.8 Å². The van der Waals surface area contributed by atoms with Crippen LogP contribution in [0.25, 0.3) is 0 Å². The highest BCUT2D eigenvalue weighted by Gasteiger charge is 2.16. The summed E-state index contributed by atoms with van der Waals surface area (Å²) in [6.45, 7) is 4.32. The first-order valence-corrected chi connectivity index (χ1v) is 6.57. The molecule has 20 heavy (non-hydrogen) atoms. The van der Waals surface area contributed by atoms with Crippen molar-refractivity contribution in [3.05, 3.63) is 35.5 Å². The molecule has 2 N–H and O–H groups in total. The van der Waals surface area contributed by atoms with Gasteiger partial charge in [0.05, 0.1) is 0 Å². The fourth-order valence-corrected chi connectivity index (χ4v) is 2.12. The number of nitrogens with zero attached hydrogens (tertiary/aromatic N) is 2. The standard InChI is InChI=1S/C14H17N3O3/c1-3-9(4-2)10-5-7-11(8-6-10)20-13-12(14(18)19)15-17-16-13/h5-9H,3-4H2,1-2H3,(H,18,19)(H,15,16,17). The van der Waals surface area contributed by atoms with Crippen LogP contribution in [0.2, 0.25) is 0 Å². The number of carboxylic acid groups (broad SMARTS) is 1. The van der Waals surface area contributed by atoms with E-state index in [0.29, 0.717) is 11.7 Å². The molecule has 0 unspecified atom stereocenters. The third-order valence-corrected chi connectivity index (χ3v) is 3.28. The maximum Gasteiger partial charge on any atom is 0.362 e. The van der Waals surface area contributed by atoms with Gasteiger partial charge in [0.15, 0.2) is 0 Å². The number of H-pyrrole nitrogens is 1. The van der Waals surface area contributed by atoms with Crippen LogP contribution in [0.15, 0.2) is 24.3 Å². The molecule has 0 saturated heterocycles. The normalized spacial score (nSPS) is 10.8. The van der Waals surface area contributed by atoms with Gasteiger partial charge in [-0.05, 0) is 36.5 Å². The maximum atomic E-state index is 10.9. The molecular weight excluding hydrogens is 258 g/mol. The van der Waals surface area contributed by atoms with Crippen molar-refractivity contribution in [1.29, 1.82) is 0 Å². The Labute approximate surface area is 116 Å². The zero-order valence-corrected chi connectivity index (χ0v) is 11.5. The summed E-state index contributed by atoms with van der Waals surface area (Å²) >= 11 is 0. The Hall–Kier alpha value is -2.37. The van der Waals surface area contributed by atoms with Gasteiger partial charge in [-0.25, -0.2) is 9.89 Å². The van der Waals surface area contributed by atoms with Crippen LogP contribution < -0.4 is 4.74 Å². The molecule has 2 rings (SSSR count). The van der Waals surface area contributed by atoms with Gasteiger partial charge in [0.1, 0.15) is 5.75 Å². The highest BCUT2D eigenvalue weighted by atomic mass is 16.5. The third kappa shape index (κ3) is 2.96. The van der Waals surface area contributed by atoms with Gasteiger partial charge < -0.3 is 9.84 Å². The first-order chi connectivity index (χ1) is 9.65. The number of rotatable bonds is 6. The molecule has 1 aromatic carbocycles. The van der Waals surface area contributed by atoms with Gasteiger partial charge >= 0.3 is 5.97 Å². The first-order valence-electron chi connectivity index (χ1n) is 6.57. The Morgan fingerprint density at radius 2 is 1.95 bits per heavy atom. The largest absolute Gasteiger partial charge is 0.476 e. The monoisotopic (exact) mass is 275 g/mol. The number of nitrogens with one attached hydrogen (secondary N) is 1. The minimum absolute atomic E-state index is 0.0350. The van der Waals surface area contributed by atoms with Crippen molar-refractivity contribution in [2.45, 2.75) is 32.6 Å². The minimum Gasteiger partial charge on any atom is -0.476 e. The van der Waals surface area contributed by atoms with E-state index >= 15 is 0 Å². The van der Waals surface area contributed by atoms with Crippen LogP contribution in [0, 0.1) is 0 Å². The Morgan fingerprint density at radius 1 is 1.30 bits per heavy atom. The Kier molecular flexibility index (Phi) is 4.34. The van der Waals surface area contributed by atoms with Crippen molar-refractivity contribution in [3.8, 4) is 11.6 Å². The lowest BCUT2D eigenvalue weighted by Gasteiger charge is -2.13. The summed E-state index contributed by atoms with van der Waals surface area (Å²) in [7, 11) is 0. The van der Waals surface area contributed by atoms with Crippen LogP contribution in [0.5, 0.6) is 11.6 Å². The maximum absolute atomic E-state index is 10.9. The molecule has 0 saturated carbocycles. The van der Waals surface area contributed by atoms with Gasteiger partial charge in [-0.15, -0.1) is 5.10 Å². The summed E-state index contributed by atoms with van der Waals surface area (Å²) in [5, 5.41) is 18.2. The summed E-state index contributed by atoms with van der Waals surface area (Å²) in [5.41, 5.74) is 1.03. The Bertz CT molecular complexity index is 574. The van der Waals surface area contributed by atoms with Gasteiger partial charge in [0.25, 0.3) is 5.88 Å². The minimum atomic E-state index is -1.18. The molecule has 0 amide bonds. The van der Waals surface area contributed by atoms with E-state index in [1.165, 1.54) is 5.56 Å². The van der Waals surface area contributed by atoms with Crippen molar-refractivity contribution in [1.82, 2.24) is 15.4 Å². The van der Waals surface area contributed by atoms with Crippen LogP contribution >= 0.6 is 0 Å². The molecule has 0 spiro atoms. The van der Waals surface area contributed by atoms with E-state index < -0.39 is 5.97 Å². The molecule has 0 radical (unpaired) electrons. The first kappa shape index (κ1) is 14.0. The summed E-state index contributed by atoms with van der Waals surface area (Å²) in [5.74, 6) is -0.0594. The van der Waals surface area contributed by atoms with E-state index in [1.54, 1.807) is 0 Å². The molecule has 1 aromatic heterocycles. The molecule has 2 aromatic rings. The fourth-order valence-electron chi connectivity index (χ4n) is 2.12. The second kappa shape index (κ2) is 6.18. The number of hydrogen-bond acceptors (Lipinski definition) is 4. The average Bonchev–Trinajstić information content (AvgIpc) is 2.90. The van der Waals surface area contributed by atoms with Gasteiger partial charge in [0, 0.05) is 0 Å². The van der Waals surface area contributed by atoms with Crippen molar-refractivity contribution in [2.75, 3.05) is 0 Å². The molecule has 0 bridgehead atoms. The van der Waals surface area contributed by atoms with E-state index in [4.69, 9.17) is 9.84 Å². The predicted molar refractivity (Wildman–Crippen MR) is 73.2 cm³/mol. The molecule has 0 atom stereocenters. The van der Waals surface area contributed by atoms with Crippen LogP contribution in [0.3, 0.4) is 0 Å². The number of carboxylic acids is 1. The number of carbonyl (C=O) groups is 1. The second-order valence-electron chi connectivity index (χ2n) is 4.48. The van der Waals surface area contributed by atoms with Gasteiger partial charge in [0.2, 0.25) is 5.69 Å². The van der Waals surface area contributed by atoms with Gasteiger partial charge in [-0.2, -0.15) is 0 Å². The van der Waals surface area contributed by atoms with Gasteiger partial charge in [-0.3, -0.25) is 0 Å². The highest BCUT2D eigenvalue weighted by Crippen LogP contribution is 2.27. The lowest BCUT2D eigenvalue weighted by atomic mass is 9.94. The molecule has 6 nitrogen and oxygen atoms in total. The highest BCUT2D eigenvalue weighted by molar-refractivity contribution is 5.87. The van der Waals surface area contributed by atoms with Crippen LogP contribution in [0.1, 0.15) is 48.7 Å². The second-order valence-corrected chi connectivity index (χ2v) is 4.48. The molecule has 1 heterocycles. The number of aromatic carboxylic acids is 1. The average molecular weight is 275 g/mol. The SMILES string of the molecule is CCC(CC)c1ccc(Oc2[nH]nnc2C(=O)O)cc1. The van der Waals surface area contributed by atoms with Crippen LogP contribution in [0.4, 0.5) is 0 Å². The lowest BCUT2D eigenvalue weighted by Crippen LogP contribution is -2.00. The molecule has 0 aliphatic rings. The third-order valence-electron chi connectivity index (χ3n) is 3.28. The fraction of sp³-hybridized carbons (Fsp3) is 0.357. The summed E-state index contributed by atoms with van der Waals surface area (Å²) in [6, 6.07) is 7.63. The number of aromatic amines is 1. The van der Waals surface area contributed by atoms with Crippen molar-refractivity contribution in [3.63, 3.8) is 0 Å². The molecule has 6 heteroatoms.